The van der Waals surface area contributed by atoms with Gasteiger partial charge < -0.3 is 10.5 Å². The van der Waals surface area contributed by atoms with Crippen molar-refractivity contribution >= 4 is 45.7 Å². The van der Waals surface area contributed by atoms with E-state index < -0.39 is 23.6 Å². The van der Waals surface area contributed by atoms with E-state index in [1.54, 1.807) is 6.08 Å². The lowest BCUT2D eigenvalue weighted by molar-refractivity contribution is -0.127. The highest BCUT2D eigenvalue weighted by Crippen LogP contribution is 2.36. The number of rotatable bonds is 5. The van der Waals surface area contributed by atoms with Crippen LogP contribution in [0.5, 0.6) is 5.75 Å². The summed E-state index contributed by atoms with van der Waals surface area (Å²) in [7, 11) is 0. The second-order valence-electron chi connectivity index (χ2n) is 6.10. The zero-order valence-electron chi connectivity index (χ0n) is 14.4. The minimum atomic E-state index is -0.734. The Kier molecular flexibility index (Phi) is 4.99. The third-order valence-corrected chi connectivity index (χ3v) is 4.66. The normalized spacial score (nSPS) is 16.1. The SMILES string of the molecule is CC(C)Oc1ccc2ccccc2c1/C=C1\SC(=O)N(CC(N)=O)C1=O. The number of hydrogen-bond acceptors (Lipinski definition) is 5. The maximum Gasteiger partial charge on any atom is 0.294 e. The fraction of sp³-hybridized carbons (Fsp3) is 0.211. The van der Waals surface area contributed by atoms with E-state index in [-0.39, 0.29) is 11.0 Å². The molecule has 1 aliphatic rings. The van der Waals surface area contributed by atoms with Crippen LogP contribution in [0.2, 0.25) is 0 Å². The Bertz CT molecular complexity index is 936. The number of thioether (sulfide) groups is 1. The highest BCUT2D eigenvalue weighted by atomic mass is 32.2. The molecule has 134 valence electrons. The molecular formula is C19H18N2O4S. The van der Waals surface area contributed by atoms with E-state index in [0.717, 1.165) is 33.0 Å². The molecule has 1 heterocycles. The van der Waals surface area contributed by atoms with Gasteiger partial charge in [-0.05, 0) is 48.5 Å². The Labute approximate surface area is 155 Å². The van der Waals surface area contributed by atoms with E-state index in [1.165, 1.54) is 0 Å². The number of nitrogens with two attached hydrogens (primary N) is 1. The molecule has 0 spiro atoms. The van der Waals surface area contributed by atoms with Gasteiger partial charge in [-0.15, -0.1) is 0 Å². The van der Waals surface area contributed by atoms with E-state index in [4.69, 9.17) is 10.5 Å². The summed E-state index contributed by atoms with van der Waals surface area (Å²) in [4.78, 5) is 36.7. The first-order chi connectivity index (χ1) is 12.4. The minimum Gasteiger partial charge on any atom is -0.490 e. The summed E-state index contributed by atoms with van der Waals surface area (Å²) in [5.41, 5.74) is 5.84. The van der Waals surface area contributed by atoms with Crippen molar-refractivity contribution in [2.75, 3.05) is 6.54 Å². The summed E-state index contributed by atoms with van der Waals surface area (Å²) in [5.74, 6) is -0.634. The Balaban J connectivity index is 2.09. The number of nitrogens with zero attached hydrogens (tertiary/aromatic N) is 1. The lowest BCUT2D eigenvalue weighted by Gasteiger charge is -2.15. The van der Waals surface area contributed by atoms with Crippen LogP contribution in [0.1, 0.15) is 19.4 Å². The van der Waals surface area contributed by atoms with E-state index >= 15 is 0 Å². The van der Waals surface area contributed by atoms with Gasteiger partial charge in [0.15, 0.2) is 0 Å². The topological polar surface area (TPSA) is 89.7 Å². The molecule has 0 radical (unpaired) electrons. The third kappa shape index (κ3) is 3.57. The Morgan fingerprint density at radius 1 is 1.23 bits per heavy atom. The molecule has 7 heteroatoms. The first kappa shape index (κ1) is 18.0. The molecule has 0 aliphatic carbocycles. The average Bonchev–Trinajstić information content (AvgIpc) is 2.83. The predicted molar refractivity (Wildman–Crippen MR) is 102 cm³/mol. The quantitative estimate of drug-likeness (QED) is 0.817. The largest absolute Gasteiger partial charge is 0.490 e. The molecule has 2 aromatic rings. The maximum absolute atomic E-state index is 12.5. The van der Waals surface area contributed by atoms with Crippen LogP contribution in [0.3, 0.4) is 0 Å². The van der Waals surface area contributed by atoms with Gasteiger partial charge in [-0.25, -0.2) is 0 Å². The van der Waals surface area contributed by atoms with Crippen molar-refractivity contribution in [1.29, 1.82) is 0 Å². The lowest BCUT2D eigenvalue weighted by Crippen LogP contribution is -2.36. The summed E-state index contributed by atoms with van der Waals surface area (Å²) in [6.45, 7) is 3.41. The molecular weight excluding hydrogens is 352 g/mol. The molecule has 26 heavy (non-hydrogen) atoms. The molecule has 3 rings (SSSR count). The molecule has 0 atom stereocenters. The number of carbonyl (C=O) groups excluding carboxylic acids is 3. The predicted octanol–water partition coefficient (Wildman–Crippen LogP) is 3.15. The number of primary amides is 1. The molecule has 0 bridgehead atoms. The van der Waals surface area contributed by atoms with Gasteiger partial charge in [0.1, 0.15) is 12.3 Å². The van der Waals surface area contributed by atoms with Gasteiger partial charge in [0.25, 0.3) is 11.1 Å². The van der Waals surface area contributed by atoms with Gasteiger partial charge in [0.05, 0.1) is 11.0 Å². The second-order valence-corrected chi connectivity index (χ2v) is 7.09. The Morgan fingerprint density at radius 2 is 1.96 bits per heavy atom. The summed E-state index contributed by atoms with van der Waals surface area (Å²) < 4.78 is 5.88. The van der Waals surface area contributed by atoms with E-state index in [9.17, 15) is 14.4 Å². The lowest BCUT2D eigenvalue weighted by atomic mass is 10.0. The molecule has 0 aromatic heterocycles. The molecule has 6 nitrogen and oxygen atoms in total. The van der Waals surface area contributed by atoms with Crippen molar-refractivity contribution in [1.82, 2.24) is 4.90 Å². The number of fused-ring (bicyclic) bond motifs is 1. The van der Waals surface area contributed by atoms with E-state index in [2.05, 4.69) is 0 Å². The van der Waals surface area contributed by atoms with Crippen molar-refractivity contribution in [2.45, 2.75) is 20.0 Å². The molecule has 1 aliphatic heterocycles. The number of hydrogen-bond donors (Lipinski definition) is 1. The number of imide groups is 1. The van der Waals surface area contributed by atoms with Crippen molar-refractivity contribution in [2.24, 2.45) is 5.73 Å². The van der Waals surface area contributed by atoms with Crippen LogP contribution in [-0.4, -0.2) is 34.6 Å². The first-order valence-corrected chi connectivity index (χ1v) is 8.90. The van der Waals surface area contributed by atoms with Crippen LogP contribution >= 0.6 is 11.8 Å². The maximum atomic E-state index is 12.5. The highest BCUT2D eigenvalue weighted by Gasteiger charge is 2.36. The molecule has 3 amide bonds. The van der Waals surface area contributed by atoms with Crippen LogP contribution in [0.4, 0.5) is 4.79 Å². The zero-order chi connectivity index (χ0) is 18.8. The zero-order valence-corrected chi connectivity index (χ0v) is 15.2. The summed E-state index contributed by atoms with van der Waals surface area (Å²) in [5, 5.41) is 1.39. The third-order valence-electron chi connectivity index (χ3n) is 3.76. The minimum absolute atomic E-state index is 0.0479. The van der Waals surface area contributed by atoms with Gasteiger partial charge in [0, 0.05) is 5.56 Å². The first-order valence-electron chi connectivity index (χ1n) is 8.09. The molecule has 2 aromatic carbocycles. The van der Waals surface area contributed by atoms with Gasteiger partial charge in [-0.3, -0.25) is 19.3 Å². The van der Waals surface area contributed by atoms with Crippen LogP contribution in [0.25, 0.3) is 16.8 Å². The van der Waals surface area contributed by atoms with Gasteiger partial charge in [-0.1, -0.05) is 30.3 Å². The van der Waals surface area contributed by atoms with Crippen LogP contribution in [0, 0.1) is 0 Å². The summed E-state index contributed by atoms with van der Waals surface area (Å²) in [6.07, 6.45) is 1.60. The summed E-state index contributed by atoms with van der Waals surface area (Å²) in [6, 6.07) is 11.5. The van der Waals surface area contributed by atoms with Gasteiger partial charge >= 0.3 is 0 Å². The van der Waals surface area contributed by atoms with Crippen LogP contribution in [0.15, 0.2) is 41.3 Å². The molecule has 2 N–H and O–H groups in total. The second kappa shape index (κ2) is 7.21. The fourth-order valence-electron chi connectivity index (χ4n) is 2.70. The number of amides is 3. The van der Waals surface area contributed by atoms with Crippen molar-refractivity contribution in [3.63, 3.8) is 0 Å². The molecule has 1 fully saturated rings. The van der Waals surface area contributed by atoms with E-state index in [0.29, 0.717) is 5.75 Å². The molecule has 0 unspecified atom stereocenters. The molecule has 1 saturated heterocycles. The number of benzene rings is 2. The van der Waals surface area contributed by atoms with Gasteiger partial charge in [-0.2, -0.15) is 0 Å². The number of carbonyl (C=O) groups is 3. The highest BCUT2D eigenvalue weighted by molar-refractivity contribution is 8.18. The summed E-state index contributed by atoms with van der Waals surface area (Å²) >= 11 is 0.790. The van der Waals surface area contributed by atoms with Crippen molar-refractivity contribution in [3.8, 4) is 5.75 Å². The fourth-order valence-corrected chi connectivity index (χ4v) is 3.52. The number of ether oxygens (including phenoxy) is 1. The van der Waals surface area contributed by atoms with Crippen molar-refractivity contribution in [3.05, 3.63) is 46.9 Å². The standard InChI is InChI=1S/C19H18N2O4S/c1-11(2)25-15-8-7-12-5-3-4-6-13(12)14(15)9-16-18(23)21(10-17(20)22)19(24)26-16/h3-9,11H,10H2,1-2H3,(H2,20,22)/b16-9-. The van der Waals surface area contributed by atoms with Gasteiger partial charge in [0.2, 0.25) is 5.91 Å². The monoisotopic (exact) mass is 370 g/mol. The van der Waals surface area contributed by atoms with Crippen LogP contribution in [-0.2, 0) is 9.59 Å². The Morgan fingerprint density at radius 3 is 2.65 bits per heavy atom. The Hall–Kier alpha value is -2.80. The average molecular weight is 370 g/mol. The smallest absolute Gasteiger partial charge is 0.294 e. The van der Waals surface area contributed by atoms with Crippen LogP contribution < -0.4 is 10.5 Å². The molecule has 0 saturated carbocycles. The van der Waals surface area contributed by atoms with Crippen molar-refractivity contribution < 1.29 is 19.1 Å². The van der Waals surface area contributed by atoms with E-state index in [1.807, 2.05) is 50.2 Å².